The van der Waals surface area contributed by atoms with E-state index in [0.29, 0.717) is 0 Å². The van der Waals surface area contributed by atoms with Gasteiger partial charge in [-0.15, -0.1) is 0 Å². The van der Waals surface area contributed by atoms with Crippen molar-refractivity contribution in [1.29, 1.82) is 0 Å². The van der Waals surface area contributed by atoms with Crippen LogP contribution in [0.3, 0.4) is 0 Å². The number of rotatable bonds is 7. The predicted molar refractivity (Wildman–Crippen MR) is 110 cm³/mol. The molecule has 0 saturated carbocycles. The molecule has 156 valence electrons. The maximum Gasteiger partial charge on any atom is 0.328 e. The summed E-state index contributed by atoms with van der Waals surface area (Å²) in [6, 6.07) is 13.5. The van der Waals surface area contributed by atoms with Crippen molar-refractivity contribution in [3.05, 3.63) is 69.5 Å². The monoisotopic (exact) mass is 410 g/mol. The van der Waals surface area contributed by atoms with Crippen LogP contribution in [0.1, 0.15) is 29.9 Å². The van der Waals surface area contributed by atoms with Gasteiger partial charge in [0.05, 0.1) is 11.0 Å². The minimum absolute atomic E-state index is 0.135. The van der Waals surface area contributed by atoms with E-state index in [1.807, 2.05) is 49.4 Å². The molecule has 0 saturated heterocycles. The highest BCUT2D eigenvalue weighted by Gasteiger charge is 2.23. The summed E-state index contributed by atoms with van der Waals surface area (Å²) in [4.78, 5) is 34.8. The normalized spacial score (nSPS) is 11.8. The molecular formula is C21H22N4O5. The van der Waals surface area contributed by atoms with Gasteiger partial charge in [0.15, 0.2) is 6.61 Å². The second kappa shape index (κ2) is 8.73. The second-order valence-electron chi connectivity index (χ2n) is 6.95. The Morgan fingerprint density at radius 2 is 1.90 bits per heavy atom. The van der Waals surface area contributed by atoms with E-state index in [1.54, 1.807) is 0 Å². The second-order valence-corrected chi connectivity index (χ2v) is 6.95. The molecule has 0 aliphatic heterocycles. The zero-order valence-corrected chi connectivity index (χ0v) is 16.9. The first kappa shape index (κ1) is 21.0. The number of hydrogen-bond donors (Lipinski definition) is 1. The van der Waals surface area contributed by atoms with Gasteiger partial charge in [-0.25, -0.2) is 0 Å². The van der Waals surface area contributed by atoms with Gasteiger partial charge >= 0.3 is 11.7 Å². The molecule has 0 radical (unpaired) electrons. The van der Waals surface area contributed by atoms with Gasteiger partial charge in [0.25, 0.3) is 5.91 Å². The number of nitrogens with zero attached hydrogens (tertiary/aromatic N) is 3. The first-order valence-corrected chi connectivity index (χ1v) is 9.39. The van der Waals surface area contributed by atoms with Gasteiger partial charge in [-0.1, -0.05) is 42.5 Å². The highest BCUT2D eigenvalue weighted by Crippen LogP contribution is 2.24. The lowest BCUT2D eigenvalue weighted by atomic mass is 10.00. The van der Waals surface area contributed by atoms with Crippen LogP contribution in [0.5, 0.6) is 0 Å². The molecule has 0 fully saturated rings. The van der Waals surface area contributed by atoms with Crippen molar-refractivity contribution >= 4 is 28.3 Å². The van der Waals surface area contributed by atoms with E-state index in [1.165, 1.54) is 18.5 Å². The van der Waals surface area contributed by atoms with Crippen LogP contribution >= 0.6 is 0 Å². The first-order valence-electron chi connectivity index (χ1n) is 9.39. The van der Waals surface area contributed by atoms with Crippen molar-refractivity contribution in [2.75, 3.05) is 6.61 Å². The fraction of sp³-hybridized carbons (Fsp3) is 0.286. The number of nitro groups is 1. The van der Waals surface area contributed by atoms with E-state index in [-0.39, 0.29) is 29.7 Å². The zero-order valence-electron chi connectivity index (χ0n) is 16.9. The summed E-state index contributed by atoms with van der Waals surface area (Å²) in [5, 5.41) is 20.0. The average Bonchev–Trinajstić information content (AvgIpc) is 2.98. The van der Waals surface area contributed by atoms with Crippen LogP contribution in [-0.2, 0) is 20.9 Å². The number of nitrogens with one attached hydrogen (secondary N) is 1. The fourth-order valence-corrected chi connectivity index (χ4v) is 3.41. The third kappa shape index (κ3) is 4.45. The molecule has 0 aliphatic carbocycles. The Labute approximate surface area is 172 Å². The lowest BCUT2D eigenvalue weighted by Gasteiger charge is -2.16. The average molecular weight is 410 g/mol. The molecule has 3 rings (SSSR count). The molecule has 3 aromatic rings. The lowest BCUT2D eigenvalue weighted by molar-refractivity contribution is -0.386. The quantitative estimate of drug-likeness (QED) is 0.364. The van der Waals surface area contributed by atoms with Crippen molar-refractivity contribution < 1.29 is 19.2 Å². The number of aromatic nitrogens is 2. The van der Waals surface area contributed by atoms with E-state index < -0.39 is 23.4 Å². The Kier molecular flexibility index (Phi) is 6.10. The van der Waals surface area contributed by atoms with Crippen molar-refractivity contribution in [3.63, 3.8) is 0 Å². The molecule has 0 bridgehead atoms. The maximum atomic E-state index is 12.2. The Balaban J connectivity index is 1.57. The number of fused-ring (bicyclic) bond motifs is 1. The minimum atomic E-state index is -0.705. The molecule has 1 N–H and O–H groups in total. The zero-order chi connectivity index (χ0) is 21.8. The van der Waals surface area contributed by atoms with Gasteiger partial charge < -0.3 is 10.1 Å². The molecule has 0 spiro atoms. The fourth-order valence-electron chi connectivity index (χ4n) is 3.41. The van der Waals surface area contributed by atoms with Crippen molar-refractivity contribution in [2.45, 2.75) is 33.4 Å². The summed E-state index contributed by atoms with van der Waals surface area (Å²) >= 11 is 0. The van der Waals surface area contributed by atoms with E-state index in [4.69, 9.17) is 4.74 Å². The molecule has 1 unspecified atom stereocenters. The number of amides is 1. The molecule has 1 heterocycles. The van der Waals surface area contributed by atoms with E-state index in [2.05, 4.69) is 10.4 Å². The van der Waals surface area contributed by atoms with Gasteiger partial charge in [-0.05, 0) is 37.1 Å². The van der Waals surface area contributed by atoms with E-state index in [9.17, 15) is 19.7 Å². The van der Waals surface area contributed by atoms with Crippen LogP contribution in [0.15, 0.2) is 42.5 Å². The van der Waals surface area contributed by atoms with Crippen LogP contribution in [0, 0.1) is 24.0 Å². The molecule has 1 aromatic heterocycles. The molecule has 30 heavy (non-hydrogen) atoms. The maximum absolute atomic E-state index is 12.2. The number of ether oxygens (including phenoxy) is 1. The predicted octanol–water partition coefficient (Wildman–Crippen LogP) is 2.98. The molecule has 2 aromatic carbocycles. The smallest absolute Gasteiger partial charge is 0.328 e. The number of carbonyl (C=O) groups is 2. The topological polar surface area (TPSA) is 116 Å². The molecular weight excluding hydrogens is 388 g/mol. The van der Waals surface area contributed by atoms with Crippen LogP contribution in [0.4, 0.5) is 5.69 Å². The summed E-state index contributed by atoms with van der Waals surface area (Å²) in [7, 11) is 0. The lowest BCUT2D eigenvalue weighted by Crippen LogP contribution is -2.31. The Morgan fingerprint density at radius 3 is 2.60 bits per heavy atom. The highest BCUT2D eigenvalue weighted by atomic mass is 16.6. The number of aryl methyl sites for hydroxylation is 1. The molecule has 1 amide bonds. The number of hydrogen-bond acceptors (Lipinski definition) is 6. The summed E-state index contributed by atoms with van der Waals surface area (Å²) in [5.41, 5.74) is 1.29. The van der Waals surface area contributed by atoms with Crippen molar-refractivity contribution in [1.82, 2.24) is 15.1 Å². The number of esters is 1. The minimum Gasteiger partial charge on any atom is -0.454 e. The summed E-state index contributed by atoms with van der Waals surface area (Å²) < 4.78 is 6.22. The van der Waals surface area contributed by atoms with Gasteiger partial charge in [0.1, 0.15) is 17.9 Å². The summed E-state index contributed by atoms with van der Waals surface area (Å²) in [5.74, 6) is -1.15. The van der Waals surface area contributed by atoms with Crippen LogP contribution in [0.25, 0.3) is 10.8 Å². The Bertz CT molecular complexity index is 1120. The summed E-state index contributed by atoms with van der Waals surface area (Å²) in [6.07, 6.45) is 0. The van der Waals surface area contributed by atoms with Gasteiger partial charge in [0.2, 0.25) is 0 Å². The largest absolute Gasteiger partial charge is 0.454 e. The molecule has 0 aliphatic rings. The standard InChI is InChI=1S/C21H22N4O5/c1-13(17-10-6-8-16-7-4-5-9-18(16)17)22-19(26)12-30-20(27)11-24-15(3)21(25(28)29)14(2)23-24/h4-10,13H,11-12H2,1-3H3,(H,22,26). The molecule has 9 nitrogen and oxygen atoms in total. The van der Waals surface area contributed by atoms with Crippen LogP contribution in [-0.4, -0.2) is 33.2 Å². The Morgan fingerprint density at radius 1 is 1.20 bits per heavy atom. The van der Waals surface area contributed by atoms with Crippen LogP contribution in [0.2, 0.25) is 0 Å². The first-order chi connectivity index (χ1) is 14.3. The third-order valence-electron chi connectivity index (χ3n) is 4.84. The molecule has 9 heteroatoms. The third-order valence-corrected chi connectivity index (χ3v) is 4.84. The van der Waals surface area contributed by atoms with Crippen LogP contribution < -0.4 is 5.32 Å². The number of carbonyl (C=O) groups excluding carboxylic acids is 2. The van der Waals surface area contributed by atoms with Crippen molar-refractivity contribution in [3.8, 4) is 0 Å². The van der Waals surface area contributed by atoms with Gasteiger partial charge in [-0.3, -0.25) is 24.4 Å². The molecule has 1 atom stereocenters. The van der Waals surface area contributed by atoms with E-state index in [0.717, 1.165) is 16.3 Å². The summed E-state index contributed by atoms with van der Waals surface area (Å²) in [6.45, 7) is 4.09. The number of benzene rings is 2. The van der Waals surface area contributed by atoms with Gasteiger partial charge in [-0.2, -0.15) is 5.10 Å². The van der Waals surface area contributed by atoms with Gasteiger partial charge in [0, 0.05) is 0 Å². The van der Waals surface area contributed by atoms with E-state index >= 15 is 0 Å². The highest BCUT2D eigenvalue weighted by molar-refractivity contribution is 5.87. The SMILES string of the molecule is Cc1nn(CC(=O)OCC(=O)NC(C)c2cccc3ccccc23)c(C)c1[N+](=O)[O-]. The Hall–Kier alpha value is -3.75. The van der Waals surface area contributed by atoms with Crippen molar-refractivity contribution in [2.24, 2.45) is 0 Å².